The van der Waals surface area contributed by atoms with E-state index in [1.165, 1.54) is 11.8 Å². The van der Waals surface area contributed by atoms with Crippen molar-refractivity contribution < 1.29 is 4.79 Å². The van der Waals surface area contributed by atoms with Gasteiger partial charge in [0.15, 0.2) is 0 Å². The van der Waals surface area contributed by atoms with Crippen molar-refractivity contribution in [2.45, 2.75) is 38.0 Å². The average molecular weight is 378 g/mol. The fourth-order valence-electron chi connectivity index (χ4n) is 3.02. The Kier molecular flexibility index (Phi) is 5.91. The Bertz CT molecular complexity index is 917. The van der Waals surface area contributed by atoms with Gasteiger partial charge in [-0.2, -0.15) is 0 Å². The van der Waals surface area contributed by atoms with Crippen LogP contribution in [0.25, 0.3) is 0 Å². The molecule has 3 aromatic rings. The van der Waals surface area contributed by atoms with E-state index in [0.29, 0.717) is 5.82 Å². The smallest absolute Gasteiger partial charge is 0.242 e. The highest BCUT2D eigenvalue weighted by Crippen LogP contribution is 2.35. The number of aromatic nitrogens is 2. The summed E-state index contributed by atoms with van der Waals surface area (Å²) in [6.07, 6.45) is 0. The molecule has 1 heterocycles. The molecular weight excluding hydrogens is 354 g/mol. The molecule has 0 fully saturated rings. The molecule has 4 nitrogen and oxygen atoms in total. The Balaban J connectivity index is 1.90. The molecule has 0 aliphatic carbocycles. The molecule has 1 N–H and O–H groups in total. The fourth-order valence-corrected chi connectivity index (χ4v) is 4.14. The summed E-state index contributed by atoms with van der Waals surface area (Å²) in [5.41, 5.74) is 4.89. The molecule has 0 radical (unpaired) electrons. The molecule has 0 bridgehead atoms. The maximum atomic E-state index is 13.1. The van der Waals surface area contributed by atoms with Crippen LogP contribution in [0.5, 0.6) is 0 Å². The van der Waals surface area contributed by atoms with Crippen molar-refractivity contribution in [1.29, 1.82) is 0 Å². The van der Waals surface area contributed by atoms with Gasteiger partial charge in [-0.1, -0.05) is 48.2 Å². The Morgan fingerprint density at radius 1 is 0.926 bits per heavy atom. The largest absolute Gasteiger partial charge is 0.325 e. The summed E-state index contributed by atoms with van der Waals surface area (Å²) in [5.74, 6) is 0.643. The number of nitrogens with one attached hydrogen (secondary N) is 1. The van der Waals surface area contributed by atoms with Crippen LogP contribution in [0.3, 0.4) is 0 Å². The van der Waals surface area contributed by atoms with Gasteiger partial charge in [-0.15, -0.1) is 0 Å². The predicted molar refractivity (Wildman–Crippen MR) is 111 cm³/mol. The first-order valence-corrected chi connectivity index (χ1v) is 9.72. The Labute approximate surface area is 164 Å². The summed E-state index contributed by atoms with van der Waals surface area (Å²) >= 11 is 1.44. The van der Waals surface area contributed by atoms with Gasteiger partial charge in [0, 0.05) is 11.4 Å². The van der Waals surface area contributed by atoms with Gasteiger partial charge in [-0.05, 0) is 62.6 Å². The second-order valence-corrected chi connectivity index (χ2v) is 7.79. The number of carbonyl (C=O) groups excluding carboxylic acids is 1. The lowest BCUT2D eigenvalue weighted by Gasteiger charge is -2.17. The summed E-state index contributed by atoms with van der Waals surface area (Å²) in [4.78, 5) is 21.9. The highest BCUT2D eigenvalue weighted by molar-refractivity contribution is 8.00. The molecular formula is C22H23N3OS. The third-order valence-electron chi connectivity index (χ3n) is 4.01. The zero-order valence-electron chi connectivity index (χ0n) is 16.0. The number of benzene rings is 2. The number of aryl methyl sites for hydroxylation is 4. The quantitative estimate of drug-likeness (QED) is 0.491. The first-order valence-electron chi connectivity index (χ1n) is 8.84. The molecule has 27 heavy (non-hydrogen) atoms. The highest BCUT2D eigenvalue weighted by atomic mass is 32.2. The minimum Gasteiger partial charge on any atom is -0.325 e. The minimum atomic E-state index is -0.402. The van der Waals surface area contributed by atoms with E-state index >= 15 is 0 Å². The number of thioether (sulfide) groups is 1. The SMILES string of the molecule is Cc1cc(C)cc(NC(=O)C(Sc2cc(C)nc(C)n2)c2ccccc2)c1. The van der Waals surface area contributed by atoms with Gasteiger partial charge in [-0.25, -0.2) is 9.97 Å². The Morgan fingerprint density at radius 2 is 1.59 bits per heavy atom. The van der Waals surface area contributed by atoms with Crippen LogP contribution in [0, 0.1) is 27.7 Å². The molecule has 5 heteroatoms. The van der Waals surface area contributed by atoms with Crippen LogP contribution in [0.2, 0.25) is 0 Å². The van der Waals surface area contributed by atoms with Gasteiger partial charge in [0.1, 0.15) is 16.1 Å². The topological polar surface area (TPSA) is 54.9 Å². The van der Waals surface area contributed by atoms with E-state index in [0.717, 1.165) is 33.1 Å². The Hall–Kier alpha value is -2.66. The number of amides is 1. The third kappa shape index (κ3) is 5.17. The summed E-state index contributed by atoms with van der Waals surface area (Å²) in [6.45, 7) is 7.85. The van der Waals surface area contributed by atoms with Crippen LogP contribution in [0.1, 0.15) is 33.5 Å². The van der Waals surface area contributed by atoms with E-state index in [1.54, 1.807) is 0 Å². The van der Waals surface area contributed by atoms with Gasteiger partial charge >= 0.3 is 0 Å². The predicted octanol–water partition coefficient (Wildman–Crippen LogP) is 5.18. The van der Waals surface area contributed by atoms with E-state index in [1.807, 2.05) is 76.2 Å². The molecule has 1 amide bonds. The fraction of sp³-hybridized carbons (Fsp3) is 0.227. The number of nitrogens with zero attached hydrogens (tertiary/aromatic N) is 2. The molecule has 0 saturated heterocycles. The van der Waals surface area contributed by atoms with Gasteiger partial charge < -0.3 is 5.32 Å². The summed E-state index contributed by atoms with van der Waals surface area (Å²) in [5, 5.41) is 3.46. The average Bonchev–Trinajstić information content (AvgIpc) is 2.58. The summed E-state index contributed by atoms with van der Waals surface area (Å²) in [6, 6.07) is 17.8. The standard InChI is InChI=1S/C22H23N3OS/c1-14-10-15(2)12-19(11-14)25-22(26)21(18-8-6-5-7-9-18)27-20-13-16(3)23-17(4)24-20/h5-13,21H,1-4H3,(H,25,26). The first-order chi connectivity index (χ1) is 12.9. The van der Waals surface area contributed by atoms with Crippen LogP contribution in [-0.2, 0) is 4.79 Å². The molecule has 2 aromatic carbocycles. The van der Waals surface area contributed by atoms with Gasteiger partial charge in [0.25, 0.3) is 0 Å². The van der Waals surface area contributed by atoms with Crippen molar-refractivity contribution >= 4 is 23.4 Å². The van der Waals surface area contributed by atoms with Crippen molar-refractivity contribution in [2.75, 3.05) is 5.32 Å². The van der Waals surface area contributed by atoms with Gasteiger partial charge in [0.2, 0.25) is 5.91 Å². The van der Waals surface area contributed by atoms with Crippen LogP contribution < -0.4 is 5.32 Å². The van der Waals surface area contributed by atoms with Crippen LogP contribution in [0.15, 0.2) is 59.6 Å². The molecule has 1 unspecified atom stereocenters. The lowest BCUT2D eigenvalue weighted by atomic mass is 10.1. The maximum Gasteiger partial charge on any atom is 0.242 e. The van der Waals surface area contributed by atoms with Crippen LogP contribution in [-0.4, -0.2) is 15.9 Å². The molecule has 138 valence electrons. The number of rotatable bonds is 5. The molecule has 0 aliphatic heterocycles. The molecule has 1 atom stereocenters. The number of hydrogen-bond acceptors (Lipinski definition) is 4. The van der Waals surface area contributed by atoms with E-state index in [4.69, 9.17) is 0 Å². The van der Waals surface area contributed by atoms with Crippen molar-refractivity contribution in [3.8, 4) is 0 Å². The molecule has 0 saturated carbocycles. The van der Waals surface area contributed by atoms with Crippen molar-refractivity contribution in [3.05, 3.63) is 82.8 Å². The molecule has 0 aliphatic rings. The van der Waals surface area contributed by atoms with Gasteiger partial charge in [0.05, 0.1) is 0 Å². The van der Waals surface area contributed by atoms with E-state index in [9.17, 15) is 4.79 Å². The molecule has 1 aromatic heterocycles. The molecule has 0 spiro atoms. The van der Waals surface area contributed by atoms with E-state index in [-0.39, 0.29) is 5.91 Å². The third-order valence-corrected chi connectivity index (χ3v) is 5.18. The lowest BCUT2D eigenvalue weighted by molar-refractivity contribution is -0.115. The minimum absolute atomic E-state index is 0.0647. The van der Waals surface area contributed by atoms with Crippen molar-refractivity contribution in [3.63, 3.8) is 0 Å². The summed E-state index contributed by atoms with van der Waals surface area (Å²) in [7, 11) is 0. The normalized spacial score (nSPS) is 11.9. The number of carbonyl (C=O) groups is 1. The van der Waals surface area contributed by atoms with Crippen molar-refractivity contribution in [1.82, 2.24) is 9.97 Å². The number of anilines is 1. The first kappa shape index (κ1) is 19.1. The van der Waals surface area contributed by atoms with Crippen LogP contribution >= 0.6 is 11.8 Å². The maximum absolute atomic E-state index is 13.1. The van der Waals surface area contributed by atoms with Gasteiger partial charge in [-0.3, -0.25) is 4.79 Å². The Morgan fingerprint density at radius 3 is 2.22 bits per heavy atom. The number of hydrogen-bond donors (Lipinski definition) is 1. The zero-order valence-corrected chi connectivity index (χ0v) is 16.8. The van der Waals surface area contributed by atoms with Crippen LogP contribution in [0.4, 0.5) is 5.69 Å². The molecule has 3 rings (SSSR count). The second-order valence-electron chi connectivity index (χ2n) is 6.67. The van der Waals surface area contributed by atoms with E-state index < -0.39 is 5.25 Å². The monoisotopic (exact) mass is 377 g/mol. The second kappa shape index (κ2) is 8.35. The van der Waals surface area contributed by atoms with E-state index in [2.05, 4.69) is 21.4 Å². The van der Waals surface area contributed by atoms with Crippen molar-refractivity contribution in [2.24, 2.45) is 0 Å². The highest BCUT2D eigenvalue weighted by Gasteiger charge is 2.23. The summed E-state index contributed by atoms with van der Waals surface area (Å²) < 4.78 is 0. The lowest BCUT2D eigenvalue weighted by Crippen LogP contribution is -2.19. The zero-order chi connectivity index (χ0) is 19.4.